The summed E-state index contributed by atoms with van der Waals surface area (Å²) >= 11 is 5.78. The lowest BCUT2D eigenvalue weighted by molar-refractivity contribution is 0.0515. The fraction of sp³-hybridized carbons (Fsp3) is 0.0526. The van der Waals surface area contributed by atoms with Crippen molar-refractivity contribution >= 4 is 34.2 Å². The van der Waals surface area contributed by atoms with Crippen molar-refractivity contribution in [3.8, 4) is 0 Å². The first-order valence-electron chi connectivity index (χ1n) is 7.39. The van der Waals surface area contributed by atoms with Gasteiger partial charge in [-0.05, 0) is 40.6 Å². The fourth-order valence-corrected chi connectivity index (χ4v) is 2.54. The van der Waals surface area contributed by atoms with Crippen molar-refractivity contribution in [2.24, 2.45) is 10.9 Å². The number of carbonyl (C=O) groups is 1. The van der Waals surface area contributed by atoms with Gasteiger partial charge in [-0.15, -0.1) is 0 Å². The molecule has 0 saturated heterocycles. The number of halogens is 1. The van der Waals surface area contributed by atoms with Crippen LogP contribution in [-0.4, -0.2) is 11.8 Å². The number of fused-ring (bicyclic) bond motifs is 1. The number of hydrogen-bond acceptors (Lipinski definition) is 3. The summed E-state index contributed by atoms with van der Waals surface area (Å²) in [7, 11) is 0. The standard InChI is InChI=1S/C19H15ClN2O2/c20-16-10-8-14(9-11-16)19(23)24-22-18(21)12-15-6-3-5-13-4-1-2-7-17(13)15/h1-11H,12H2,(H2,21,22). The monoisotopic (exact) mass is 338 g/mol. The number of carbonyl (C=O) groups excluding carboxylic acids is 1. The average molecular weight is 339 g/mol. The van der Waals surface area contributed by atoms with Gasteiger partial charge in [-0.3, -0.25) is 0 Å². The number of nitrogens with two attached hydrogens (primary N) is 1. The highest BCUT2D eigenvalue weighted by Gasteiger charge is 2.08. The van der Waals surface area contributed by atoms with Crippen LogP contribution in [0.4, 0.5) is 0 Å². The minimum Gasteiger partial charge on any atom is -0.384 e. The lowest BCUT2D eigenvalue weighted by Crippen LogP contribution is -2.17. The van der Waals surface area contributed by atoms with E-state index in [2.05, 4.69) is 5.16 Å². The SMILES string of the molecule is N/C(Cc1cccc2ccccc12)=N\OC(=O)c1ccc(Cl)cc1. The van der Waals surface area contributed by atoms with Gasteiger partial charge in [0.2, 0.25) is 0 Å². The highest BCUT2D eigenvalue weighted by molar-refractivity contribution is 6.30. The summed E-state index contributed by atoms with van der Waals surface area (Å²) in [5.41, 5.74) is 7.29. The van der Waals surface area contributed by atoms with Crippen molar-refractivity contribution < 1.29 is 9.63 Å². The highest BCUT2D eigenvalue weighted by atomic mass is 35.5. The largest absolute Gasteiger partial charge is 0.384 e. The molecule has 0 fully saturated rings. The summed E-state index contributed by atoms with van der Waals surface area (Å²) in [5, 5.41) is 6.51. The van der Waals surface area contributed by atoms with Crippen molar-refractivity contribution in [2.75, 3.05) is 0 Å². The first kappa shape index (κ1) is 16.0. The Labute approximate surface area is 144 Å². The lowest BCUT2D eigenvalue weighted by Gasteiger charge is -2.06. The van der Waals surface area contributed by atoms with Crippen molar-refractivity contribution in [3.63, 3.8) is 0 Å². The van der Waals surface area contributed by atoms with Crippen LogP contribution in [0.5, 0.6) is 0 Å². The molecule has 5 heteroatoms. The third-order valence-corrected chi connectivity index (χ3v) is 3.83. The molecule has 0 radical (unpaired) electrons. The zero-order valence-electron chi connectivity index (χ0n) is 12.8. The van der Waals surface area contributed by atoms with E-state index in [1.807, 2.05) is 42.5 Å². The van der Waals surface area contributed by atoms with Crippen LogP contribution in [0, 0.1) is 0 Å². The number of benzene rings is 3. The van der Waals surface area contributed by atoms with Crippen molar-refractivity contribution in [3.05, 3.63) is 82.9 Å². The van der Waals surface area contributed by atoms with Gasteiger partial charge in [-0.25, -0.2) is 4.79 Å². The van der Waals surface area contributed by atoms with Crippen molar-refractivity contribution in [2.45, 2.75) is 6.42 Å². The molecular formula is C19H15ClN2O2. The molecule has 0 heterocycles. The van der Waals surface area contributed by atoms with Gasteiger partial charge < -0.3 is 10.6 Å². The zero-order chi connectivity index (χ0) is 16.9. The van der Waals surface area contributed by atoms with E-state index in [4.69, 9.17) is 22.2 Å². The van der Waals surface area contributed by atoms with Gasteiger partial charge in [0.05, 0.1) is 5.56 Å². The molecule has 0 aliphatic heterocycles. The minimum absolute atomic E-state index is 0.230. The molecule has 3 aromatic rings. The van der Waals surface area contributed by atoms with Crippen LogP contribution in [0.3, 0.4) is 0 Å². The molecular weight excluding hydrogens is 324 g/mol. The molecule has 0 amide bonds. The second-order valence-corrected chi connectivity index (χ2v) is 5.72. The van der Waals surface area contributed by atoms with E-state index < -0.39 is 5.97 Å². The second-order valence-electron chi connectivity index (χ2n) is 5.28. The zero-order valence-corrected chi connectivity index (χ0v) is 13.5. The predicted octanol–water partition coefficient (Wildman–Crippen LogP) is 4.16. The van der Waals surface area contributed by atoms with E-state index in [1.54, 1.807) is 24.3 Å². The van der Waals surface area contributed by atoms with Gasteiger partial charge in [0.1, 0.15) is 5.84 Å². The van der Waals surface area contributed by atoms with Gasteiger partial charge in [0.25, 0.3) is 0 Å². The Morgan fingerprint density at radius 2 is 1.71 bits per heavy atom. The Kier molecular flexibility index (Phi) is 4.77. The maximum absolute atomic E-state index is 11.9. The third kappa shape index (κ3) is 3.73. The Morgan fingerprint density at radius 3 is 2.50 bits per heavy atom. The van der Waals surface area contributed by atoms with E-state index in [0.29, 0.717) is 17.0 Å². The Hall–Kier alpha value is -2.85. The molecule has 120 valence electrons. The maximum Gasteiger partial charge on any atom is 0.365 e. The first-order valence-corrected chi connectivity index (χ1v) is 7.77. The summed E-state index contributed by atoms with van der Waals surface area (Å²) in [4.78, 5) is 16.8. The lowest BCUT2D eigenvalue weighted by atomic mass is 10.0. The third-order valence-electron chi connectivity index (χ3n) is 3.58. The molecule has 24 heavy (non-hydrogen) atoms. The van der Waals surface area contributed by atoms with E-state index >= 15 is 0 Å². The molecule has 3 aromatic carbocycles. The first-order chi connectivity index (χ1) is 11.6. The Balaban J connectivity index is 1.72. The smallest absolute Gasteiger partial charge is 0.365 e. The van der Waals surface area contributed by atoms with Crippen molar-refractivity contribution in [1.82, 2.24) is 0 Å². The molecule has 0 spiro atoms. The number of amidine groups is 1. The molecule has 2 N–H and O–H groups in total. The quantitative estimate of drug-likeness (QED) is 0.336. The Bertz CT molecular complexity index is 899. The van der Waals surface area contributed by atoms with Gasteiger partial charge >= 0.3 is 5.97 Å². The normalized spacial score (nSPS) is 11.5. The summed E-state index contributed by atoms with van der Waals surface area (Å²) in [6, 6.07) is 20.4. The topological polar surface area (TPSA) is 64.7 Å². The minimum atomic E-state index is -0.576. The number of rotatable bonds is 4. The van der Waals surface area contributed by atoms with Gasteiger partial charge in [0.15, 0.2) is 0 Å². The van der Waals surface area contributed by atoms with Gasteiger partial charge in [-0.2, -0.15) is 0 Å². The number of hydrogen-bond donors (Lipinski definition) is 1. The summed E-state index contributed by atoms with van der Waals surface area (Å²) in [6.45, 7) is 0. The molecule has 0 saturated carbocycles. The summed E-state index contributed by atoms with van der Waals surface area (Å²) in [6.07, 6.45) is 0.398. The van der Waals surface area contributed by atoms with E-state index in [9.17, 15) is 4.79 Å². The Morgan fingerprint density at radius 1 is 1.00 bits per heavy atom. The number of oxime groups is 1. The average Bonchev–Trinajstić information content (AvgIpc) is 2.61. The highest BCUT2D eigenvalue weighted by Crippen LogP contribution is 2.19. The van der Waals surface area contributed by atoms with Crippen LogP contribution in [0.25, 0.3) is 10.8 Å². The maximum atomic E-state index is 11.9. The molecule has 0 aliphatic carbocycles. The molecule has 0 unspecified atom stereocenters. The van der Waals surface area contributed by atoms with Crippen LogP contribution >= 0.6 is 11.6 Å². The fourth-order valence-electron chi connectivity index (χ4n) is 2.41. The van der Waals surface area contributed by atoms with Crippen LogP contribution in [-0.2, 0) is 11.3 Å². The molecule has 3 rings (SSSR count). The van der Waals surface area contributed by atoms with Crippen LogP contribution in [0.2, 0.25) is 5.02 Å². The molecule has 0 aromatic heterocycles. The van der Waals surface area contributed by atoms with Crippen molar-refractivity contribution in [1.29, 1.82) is 0 Å². The molecule has 4 nitrogen and oxygen atoms in total. The second kappa shape index (κ2) is 7.15. The van der Waals surface area contributed by atoms with E-state index in [0.717, 1.165) is 16.3 Å². The van der Waals surface area contributed by atoms with Crippen LogP contribution in [0.15, 0.2) is 71.9 Å². The summed E-state index contributed by atoms with van der Waals surface area (Å²) in [5.74, 6) is -0.346. The molecule has 0 bridgehead atoms. The summed E-state index contributed by atoms with van der Waals surface area (Å²) < 4.78 is 0. The van der Waals surface area contributed by atoms with E-state index in [1.165, 1.54) is 0 Å². The molecule has 0 atom stereocenters. The molecule has 0 aliphatic rings. The van der Waals surface area contributed by atoms with Crippen LogP contribution in [0.1, 0.15) is 15.9 Å². The predicted molar refractivity (Wildman–Crippen MR) is 96.1 cm³/mol. The number of nitrogens with zero attached hydrogens (tertiary/aromatic N) is 1. The van der Waals surface area contributed by atoms with Crippen LogP contribution < -0.4 is 5.73 Å². The van der Waals surface area contributed by atoms with Gasteiger partial charge in [0, 0.05) is 11.4 Å². The van der Waals surface area contributed by atoms with Gasteiger partial charge in [-0.1, -0.05) is 59.2 Å². The van der Waals surface area contributed by atoms with E-state index in [-0.39, 0.29) is 5.84 Å².